The first kappa shape index (κ1) is 14.4. The van der Waals surface area contributed by atoms with Crippen LogP contribution in [0.3, 0.4) is 0 Å². The van der Waals surface area contributed by atoms with Gasteiger partial charge in [0.2, 0.25) is 0 Å². The molecule has 0 aliphatic rings. The fourth-order valence-corrected chi connectivity index (χ4v) is 2.21. The highest BCUT2D eigenvalue weighted by Crippen LogP contribution is 2.07. The average molecular weight is 264 g/mol. The van der Waals surface area contributed by atoms with Crippen LogP contribution in [-0.4, -0.2) is 17.4 Å². The van der Waals surface area contributed by atoms with Crippen LogP contribution in [-0.2, 0) is 0 Å². The second kappa shape index (κ2) is 9.97. The molecule has 0 saturated carbocycles. The number of halogens is 1. The molecule has 86 valence electrons. The summed E-state index contributed by atoms with van der Waals surface area (Å²) in [5.41, 5.74) is 0. The minimum absolute atomic E-state index is 0.630. The summed E-state index contributed by atoms with van der Waals surface area (Å²) < 4.78 is 0. The molecule has 0 bridgehead atoms. The van der Waals surface area contributed by atoms with Crippen LogP contribution in [0.2, 0.25) is 0 Å². The molecular weight excluding hydrogens is 238 g/mol. The molecular formula is C12H26BrN. The predicted molar refractivity (Wildman–Crippen MR) is 69.2 cm³/mol. The fraction of sp³-hybridized carbons (Fsp3) is 1.00. The molecule has 0 aliphatic carbocycles. The summed E-state index contributed by atoms with van der Waals surface area (Å²) in [5.74, 6) is 0. The van der Waals surface area contributed by atoms with Crippen LogP contribution in [0, 0.1) is 0 Å². The monoisotopic (exact) mass is 263 g/mol. The number of unbranched alkanes of at least 4 members (excludes halogenated alkanes) is 4. The van der Waals surface area contributed by atoms with Crippen molar-refractivity contribution in [2.24, 2.45) is 0 Å². The highest BCUT2D eigenvalue weighted by molar-refractivity contribution is 9.09. The zero-order valence-electron chi connectivity index (χ0n) is 9.98. The van der Waals surface area contributed by atoms with Crippen LogP contribution in [0.5, 0.6) is 0 Å². The minimum atomic E-state index is 0.630. The van der Waals surface area contributed by atoms with Gasteiger partial charge in [-0.1, -0.05) is 55.5 Å². The van der Waals surface area contributed by atoms with E-state index in [0.717, 1.165) is 0 Å². The summed E-state index contributed by atoms with van der Waals surface area (Å²) in [6.45, 7) is 7.92. The maximum absolute atomic E-state index is 3.58. The summed E-state index contributed by atoms with van der Waals surface area (Å²) in [4.78, 5) is 0.630. The van der Waals surface area contributed by atoms with Crippen molar-refractivity contribution in [2.45, 2.75) is 70.2 Å². The van der Waals surface area contributed by atoms with Gasteiger partial charge in [0.15, 0.2) is 0 Å². The summed E-state index contributed by atoms with van der Waals surface area (Å²) >= 11 is 3.58. The van der Waals surface area contributed by atoms with Crippen LogP contribution in [0.4, 0.5) is 0 Å². The second-order valence-corrected chi connectivity index (χ2v) is 5.85. The van der Waals surface area contributed by atoms with Gasteiger partial charge in [0.05, 0.1) is 0 Å². The number of rotatable bonds is 9. The molecule has 0 aromatic heterocycles. The fourth-order valence-electron chi connectivity index (χ4n) is 1.65. The number of alkyl halides is 1. The third kappa shape index (κ3) is 10.5. The van der Waals surface area contributed by atoms with Gasteiger partial charge in [0.25, 0.3) is 0 Å². The van der Waals surface area contributed by atoms with Gasteiger partial charge in [-0.05, 0) is 26.3 Å². The third-order valence-corrected chi connectivity index (χ3v) is 2.83. The van der Waals surface area contributed by atoms with Crippen molar-refractivity contribution in [3.8, 4) is 0 Å². The molecule has 0 fully saturated rings. The van der Waals surface area contributed by atoms with E-state index in [4.69, 9.17) is 0 Å². The van der Waals surface area contributed by atoms with Crippen molar-refractivity contribution >= 4 is 15.9 Å². The highest BCUT2D eigenvalue weighted by atomic mass is 79.9. The molecule has 2 atom stereocenters. The van der Waals surface area contributed by atoms with E-state index in [9.17, 15) is 0 Å². The first-order valence-corrected chi connectivity index (χ1v) is 6.95. The lowest BCUT2D eigenvalue weighted by Gasteiger charge is -2.14. The minimum Gasteiger partial charge on any atom is -0.314 e. The first-order valence-electron chi connectivity index (χ1n) is 6.04. The van der Waals surface area contributed by atoms with E-state index in [2.05, 4.69) is 42.0 Å². The lowest BCUT2D eigenvalue weighted by Crippen LogP contribution is -2.28. The van der Waals surface area contributed by atoms with Crippen molar-refractivity contribution in [2.75, 3.05) is 6.54 Å². The molecule has 0 aromatic carbocycles. The van der Waals surface area contributed by atoms with Crippen molar-refractivity contribution in [3.05, 3.63) is 0 Å². The molecule has 0 aliphatic heterocycles. The lowest BCUT2D eigenvalue weighted by molar-refractivity contribution is 0.494. The Kier molecular flexibility index (Phi) is 10.3. The van der Waals surface area contributed by atoms with E-state index < -0.39 is 0 Å². The molecule has 0 radical (unpaired) electrons. The summed E-state index contributed by atoms with van der Waals surface area (Å²) in [5, 5.41) is 3.56. The Balaban J connectivity index is 3.10. The predicted octanol–water partition coefficient (Wildman–Crippen LogP) is 4.11. The Hall–Kier alpha value is 0.440. The topological polar surface area (TPSA) is 12.0 Å². The van der Waals surface area contributed by atoms with E-state index in [-0.39, 0.29) is 0 Å². The number of hydrogen-bond donors (Lipinski definition) is 1. The molecule has 2 heteroatoms. The van der Waals surface area contributed by atoms with Crippen molar-refractivity contribution in [1.29, 1.82) is 0 Å². The SMILES string of the molecule is CCCCCCCNC(C)CC(C)Br. The molecule has 0 rings (SSSR count). The standard InChI is InChI=1S/C12H26BrN/c1-4-5-6-7-8-9-14-12(3)10-11(2)13/h11-12,14H,4-10H2,1-3H3. The normalized spacial score (nSPS) is 15.4. The highest BCUT2D eigenvalue weighted by Gasteiger charge is 2.03. The Morgan fingerprint density at radius 1 is 1.07 bits per heavy atom. The zero-order chi connectivity index (χ0) is 10.8. The molecule has 14 heavy (non-hydrogen) atoms. The zero-order valence-corrected chi connectivity index (χ0v) is 11.6. The quantitative estimate of drug-likeness (QED) is 0.488. The van der Waals surface area contributed by atoms with Gasteiger partial charge in [-0.2, -0.15) is 0 Å². The Morgan fingerprint density at radius 2 is 1.71 bits per heavy atom. The van der Waals surface area contributed by atoms with Gasteiger partial charge in [-0.15, -0.1) is 0 Å². The van der Waals surface area contributed by atoms with Crippen LogP contribution in [0.1, 0.15) is 59.3 Å². The van der Waals surface area contributed by atoms with Crippen molar-refractivity contribution < 1.29 is 0 Å². The van der Waals surface area contributed by atoms with E-state index in [1.54, 1.807) is 0 Å². The molecule has 0 spiro atoms. The summed E-state index contributed by atoms with van der Waals surface area (Å²) in [6, 6.07) is 0.649. The Morgan fingerprint density at radius 3 is 2.29 bits per heavy atom. The second-order valence-electron chi connectivity index (χ2n) is 4.29. The third-order valence-electron chi connectivity index (χ3n) is 2.45. The van der Waals surface area contributed by atoms with Gasteiger partial charge in [-0.25, -0.2) is 0 Å². The van der Waals surface area contributed by atoms with E-state index in [1.165, 1.54) is 45.1 Å². The Labute approximate surface area is 98.2 Å². The van der Waals surface area contributed by atoms with E-state index in [0.29, 0.717) is 10.9 Å². The molecule has 0 aromatic rings. The maximum Gasteiger partial charge on any atom is 0.0132 e. The average Bonchev–Trinajstić information content (AvgIpc) is 2.10. The van der Waals surface area contributed by atoms with Crippen molar-refractivity contribution in [3.63, 3.8) is 0 Å². The van der Waals surface area contributed by atoms with Gasteiger partial charge in [0.1, 0.15) is 0 Å². The molecule has 1 N–H and O–H groups in total. The Bertz CT molecular complexity index is 115. The van der Waals surface area contributed by atoms with Gasteiger partial charge < -0.3 is 5.32 Å². The number of nitrogens with one attached hydrogen (secondary N) is 1. The molecule has 0 amide bonds. The molecule has 2 unspecified atom stereocenters. The lowest BCUT2D eigenvalue weighted by atomic mass is 10.1. The van der Waals surface area contributed by atoms with Gasteiger partial charge in [0, 0.05) is 10.9 Å². The van der Waals surface area contributed by atoms with Gasteiger partial charge in [-0.3, -0.25) is 0 Å². The van der Waals surface area contributed by atoms with Crippen LogP contribution in [0.15, 0.2) is 0 Å². The van der Waals surface area contributed by atoms with E-state index >= 15 is 0 Å². The molecule has 0 saturated heterocycles. The first-order chi connectivity index (χ1) is 6.66. The number of hydrogen-bond acceptors (Lipinski definition) is 1. The molecule has 0 heterocycles. The van der Waals surface area contributed by atoms with Crippen LogP contribution < -0.4 is 5.32 Å². The molecule has 1 nitrogen and oxygen atoms in total. The van der Waals surface area contributed by atoms with Gasteiger partial charge >= 0.3 is 0 Å². The van der Waals surface area contributed by atoms with E-state index in [1.807, 2.05) is 0 Å². The largest absolute Gasteiger partial charge is 0.314 e. The maximum atomic E-state index is 3.58. The van der Waals surface area contributed by atoms with Crippen LogP contribution in [0.25, 0.3) is 0 Å². The van der Waals surface area contributed by atoms with Crippen LogP contribution >= 0.6 is 15.9 Å². The smallest absolute Gasteiger partial charge is 0.0132 e. The summed E-state index contributed by atoms with van der Waals surface area (Å²) in [6.07, 6.45) is 8.08. The summed E-state index contributed by atoms with van der Waals surface area (Å²) in [7, 11) is 0. The van der Waals surface area contributed by atoms with Crippen molar-refractivity contribution in [1.82, 2.24) is 5.32 Å².